The Labute approximate surface area is 101 Å². The summed E-state index contributed by atoms with van der Waals surface area (Å²) in [5.41, 5.74) is 2.05. The largest absolute Gasteiger partial charge is 0.338 e. The Morgan fingerprint density at radius 3 is 2.88 bits per heavy atom. The van der Waals surface area contributed by atoms with Crippen LogP contribution in [0.1, 0.15) is 0 Å². The van der Waals surface area contributed by atoms with Crippen molar-refractivity contribution in [1.29, 1.82) is 0 Å². The minimum atomic E-state index is -0.299. The molecule has 0 radical (unpaired) electrons. The van der Waals surface area contributed by atoms with E-state index in [-0.39, 0.29) is 5.82 Å². The topological polar surface area (TPSA) is 41.6 Å². The van der Waals surface area contributed by atoms with Gasteiger partial charge >= 0.3 is 0 Å². The summed E-state index contributed by atoms with van der Waals surface area (Å²) >= 11 is 5.92. The average Bonchev–Trinajstić information content (AvgIpc) is 2.74. The normalized spacial score (nSPS) is 10.9. The molecule has 84 valence electrons. The SMILES string of the molecule is Fc1cccc(-c2nc3c(Cl)nccc3[nH]2)c1. The van der Waals surface area contributed by atoms with Gasteiger partial charge in [-0.05, 0) is 18.2 Å². The lowest BCUT2D eigenvalue weighted by Crippen LogP contribution is -1.81. The number of aromatic amines is 1. The van der Waals surface area contributed by atoms with E-state index in [1.54, 1.807) is 24.4 Å². The highest BCUT2D eigenvalue weighted by molar-refractivity contribution is 6.33. The maximum Gasteiger partial charge on any atom is 0.156 e. The molecule has 0 aliphatic carbocycles. The molecule has 0 bridgehead atoms. The number of halogens is 2. The lowest BCUT2D eigenvalue weighted by molar-refractivity contribution is 0.628. The van der Waals surface area contributed by atoms with Crippen molar-refractivity contribution in [1.82, 2.24) is 15.0 Å². The fourth-order valence-electron chi connectivity index (χ4n) is 1.68. The van der Waals surface area contributed by atoms with Crippen molar-refractivity contribution in [2.75, 3.05) is 0 Å². The average molecular weight is 248 g/mol. The van der Waals surface area contributed by atoms with E-state index >= 15 is 0 Å². The number of nitrogens with one attached hydrogen (secondary N) is 1. The van der Waals surface area contributed by atoms with Crippen LogP contribution in [0.4, 0.5) is 4.39 Å². The number of aromatic nitrogens is 3. The maximum atomic E-state index is 13.1. The first-order chi connectivity index (χ1) is 8.24. The molecule has 3 aromatic rings. The van der Waals surface area contributed by atoms with Crippen molar-refractivity contribution in [3.8, 4) is 11.4 Å². The minimum absolute atomic E-state index is 0.299. The third-order valence-electron chi connectivity index (χ3n) is 2.45. The lowest BCUT2D eigenvalue weighted by atomic mass is 10.2. The number of benzene rings is 1. The van der Waals surface area contributed by atoms with Crippen molar-refractivity contribution in [3.05, 3.63) is 47.5 Å². The predicted octanol–water partition coefficient (Wildman–Crippen LogP) is 3.42. The van der Waals surface area contributed by atoms with Gasteiger partial charge in [-0.15, -0.1) is 0 Å². The lowest BCUT2D eigenvalue weighted by Gasteiger charge is -1.95. The van der Waals surface area contributed by atoms with Crippen molar-refractivity contribution in [2.45, 2.75) is 0 Å². The fraction of sp³-hybridized carbons (Fsp3) is 0. The van der Waals surface area contributed by atoms with Crippen molar-refractivity contribution in [3.63, 3.8) is 0 Å². The summed E-state index contributed by atoms with van der Waals surface area (Å²) in [5.74, 6) is 0.279. The number of pyridine rings is 1. The molecule has 0 amide bonds. The van der Waals surface area contributed by atoms with Gasteiger partial charge in [-0.2, -0.15) is 0 Å². The third kappa shape index (κ3) is 1.76. The molecule has 1 aromatic carbocycles. The summed E-state index contributed by atoms with van der Waals surface area (Å²) in [6.45, 7) is 0. The van der Waals surface area contributed by atoms with Crippen LogP contribution in [0.3, 0.4) is 0 Å². The number of hydrogen-bond donors (Lipinski definition) is 1. The first kappa shape index (κ1) is 10.2. The van der Waals surface area contributed by atoms with Crippen molar-refractivity contribution in [2.24, 2.45) is 0 Å². The van der Waals surface area contributed by atoms with Crippen LogP contribution in [0, 0.1) is 5.82 Å². The van der Waals surface area contributed by atoms with Crippen LogP contribution in [0.25, 0.3) is 22.4 Å². The molecular formula is C12H7ClFN3. The first-order valence-electron chi connectivity index (χ1n) is 5.00. The highest BCUT2D eigenvalue weighted by atomic mass is 35.5. The standard InChI is InChI=1S/C12H7ClFN3/c13-11-10-9(4-5-15-11)16-12(17-10)7-2-1-3-8(14)6-7/h1-6H,(H,16,17). The Kier molecular flexibility index (Phi) is 2.30. The zero-order valence-electron chi connectivity index (χ0n) is 8.61. The molecule has 3 nitrogen and oxygen atoms in total. The van der Waals surface area contributed by atoms with E-state index < -0.39 is 0 Å². The number of imidazole rings is 1. The Bertz CT molecular complexity index is 693. The van der Waals surface area contributed by atoms with Gasteiger partial charge < -0.3 is 4.98 Å². The predicted molar refractivity (Wildman–Crippen MR) is 64.3 cm³/mol. The molecule has 0 atom stereocenters. The third-order valence-corrected chi connectivity index (χ3v) is 2.73. The van der Waals surface area contributed by atoms with E-state index in [0.29, 0.717) is 22.1 Å². The van der Waals surface area contributed by atoms with E-state index in [0.717, 1.165) is 5.52 Å². The Morgan fingerprint density at radius 2 is 2.12 bits per heavy atom. The quantitative estimate of drug-likeness (QED) is 0.670. The van der Waals surface area contributed by atoms with E-state index in [2.05, 4.69) is 15.0 Å². The number of fused-ring (bicyclic) bond motifs is 1. The maximum absolute atomic E-state index is 13.1. The molecule has 2 heterocycles. The number of rotatable bonds is 1. The van der Waals surface area contributed by atoms with E-state index in [4.69, 9.17) is 11.6 Å². The van der Waals surface area contributed by atoms with Gasteiger partial charge in [-0.25, -0.2) is 14.4 Å². The smallest absolute Gasteiger partial charge is 0.156 e. The Hall–Kier alpha value is -1.94. The summed E-state index contributed by atoms with van der Waals surface area (Å²) in [7, 11) is 0. The molecule has 0 fully saturated rings. The Balaban J connectivity index is 2.22. The highest BCUT2D eigenvalue weighted by Gasteiger charge is 2.08. The molecule has 0 unspecified atom stereocenters. The monoisotopic (exact) mass is 247 g/mol. The Morgan fingerprint density at radius 1 is 1.24 bits per heavy atom. The molecule has 0 aliphatic heterocycles. The van der Waals surface area contributed by atoms with Crippen LogP contribution in [-0.4, -0.2) is 15.0 Å². The molecule has 5 heteroatoms. The zero-order valence-corrected chi connectivity index (χ0v) is 9.37. The van der Waals surface area contributed by atoms with Crippen molar-refractivity contribution < 1.29 is 4.39 Å². The van der Waals surface area contributed by atoms with Crippen LogP contribution in [-0.2, 0) is 0 Å². The molecule has 0 spiro atoms. The van der Waals surface area contributed by atoms with Gasteiger partial charge in [0, 0.05) is 11.8 Å². The summed E-state index contributed by atoms with van der Waals surface area (Å²) < 4.78 is 13.1. The van der Waals surface area contributed by atoms with E-state index in [9.17, 15) is 4.39 Å². The highest BCUT2D eigenvalue weighted by Crippen LogP contribution is 2.24. The second-order valence-electron chi connectivity index (χ2n) is 3.59. The summed E-state index contributed by atoms with van der Waals surface area (Å²) in [5, 5.41) is 0.335. The van der Waals surface area contributed by atoms with Crippen LogP contribution >= 0.6 is 11.6 Å². The van der Waals surface area contributed by atoms with Gasteiger partial charge in [0.15, 0.2) is 5.15 Å². The fourth-order valence-corrected chi connectivity index (χ4v) is 1.88. The van der Waals surface area contributed by atoms with Gasteiger partial charge in [0.1, 0.15) is 17.2 Å². The van der Waals surface area contributed by atoms with E-state index in [1.165, 1.54) is 12.1 Å². The summed E-state index contributed by atoms with van der Waals surface area (Å²) in [6, 6.07) is 8.00. The van der Waals surface area contributed by atoms with Crippen LogP contribution < -0.4 is 0 Å². The molecule has 17 heavy (non-hydrogen) atoms. The molecular weight excluding hydrogens is 241 g/mol. The second kappa shape index (κ2) is 3.82. The van der Waals surface area contributed by atoms with Gasteiger partial charge in [-0.1, -0.05) is 23.7 Å². The molecule has 3 rings (SSSR count). The molecule has 2 aromatic heterocycles. The molecule has 0 aliphatic rings. The van der Waals surface area contributed by atoms with Crippen molar-refractivity contribution >= 4 is 22.6 Å². The summed E-state index contributed by atoms with van der Waals surface area (Å²) in [6.07, 6.45) is 1.60. The first-order valence-corrected chi connectivity index (χ1v) is 5.38. The zero-order chi connectivity index (χ0) is 11.8. The van der Waals surface area contributed by atoms with Gasteiger partial charge in [0.25, 0.3) is 0 Å². The minimum Gasteiger partial charge on any atom is -0.338 e. The molecule has 1 N–H and O–H groups in total. The second-order valence-corrected chi connectivity index (χ2v) is 3.95. The van der Waals surface area contributed by atoms with Crippen LogP contribution in [0.15, 0.2) is 36.5 Å². The molecule has 0 saturated heterocycles. The number of hydrogen-bond acceptors (Lipinski definition) is 2. The van der Waals surface area contributed by atoms with E-state index in [1.807, 2.05) is 0 Å². The summed E-state index contributed by atoms with van der Waals surface area (Å²) in [4.78, 5) is 11.3. The van der Waals surface area contributed by atoms with Crippen LogP contribution in [0.5, 0.6) is 0 Å². The number of nitrogens with zero attached hydrogens (tertiary/aromatic N) is 2. The van der Waals surface area contributed by atoms with Crippen LogP contribution in [0.2, 0.25) is 5.15 Å². The van der Waals surface area contributed by atoms with Gasteiger partial charge in [0.05, 0.1) is 5.52 Å². The van der Waals surface area contributed by atoms with Gasteiger partial charge in [-0.3, -0.25) is 0 Å². The molecule has 0 saturated carbocycles. The number of H-pyrrole nitrogens is 1. The van der Waals surface area contributed by atoms with Gasteiger partial charge in [0.2, 0.25) is 0 Å².